The molecule has 5 nitrogen and oxygen atoms in total. The zero-order valence-electron chi connectivity index (χ0n) is 15.4. The van der Waals surface area contributed by atoms with Gasteiger partial charge in [-0.25, -0.2) is 4.79 Å². The van der Waals surface area contributed by atoms with Crippen LogP contribution in [0, 0.1) is 0 Å². The molecule has 0 spiro atoms. The first-order chi connectivity index (χ1) is 13.2. The normalized spacial score (nSPS) is 17.6. The zero-order valence-corrected chi connectivity index (χ0v) is 15.4. The van der Waals surface area contributed by atoms with Gasteiger partial charge in [-0.15, -0.1) is 0 Å². The largest absolute Gasteiger partial charge is 0.486 e. The molecule has 1 aliphatic heterocycles. The molecule has 2 aromatic carbocycles. The smallest absolute Gasteiger partial charge is 0.335 e. The molecule has 0 atom stereocenters. The Balaban J connectivity index is 1.45. The Morgan fingerprint density at radius 3 is 2.41 bits per heavy atom. The number of rotatable bonds is 6. The number of benzene rings is 2. The molecule has 1 fully saturated rings. The summed E-state index contributed by atoms with van der Waals surface area (Å²) in [7, 11) is 0. The van der Waals surface area contributed by atoms with Crippen LogP contribution in [0.4, 0.5) is 0 Å². The maximum atomic E-state index is 11.0. The van der Waals surface area contributed by atoms with E-state index in [2.05, 4.69) is 17.4 Å². The molecule has 0 saturated heterocycles. The molecular weight excluding hydrogens is 342 g/mol. The van der Waals surface area contributed by atoms with E-state index >= 15 is 0 Å². The van der Waals surface area contributed by atoms with E-state index in [1.54, 1.807) is 12.1 Å². The van der Waals surface area contributed by atoms with Crippen molar-refractivity contribution in [2.24, 2.45) is 0 Å². The second kappa shape index (κ2) is 7.61. The third-order valence-electron chi connectivity index (χ3n) is 5.71. The lowest BCUT2D eigenvalue weighted by atomic mass is 9.78. The van der Waals surface area contributed by atoms with Gasteiger partial charge >= 0.3 is 5.97 Å². The first-order valence-electron chi connectivity index (χ1n) is 9.59. The van der Waals surface area contributed by atoms with Crippen LogP contribution < -0.4 is 14.8 Å². The Labute approximate surface area is 159 Å². The second-order valence-electron chi connectivity index (χ2n) is 7.45. The summed E-state index contributed by atoms with van der Waals surface area (Å²) >= 11 is 0. The fraction of sp³-hybridized carbons (Fsp3) is 0.409. The first kappa shape index (κ1) is 17.9. The molecule has 5 heteroatoms. The van der Waals surface area contributed by atoms with Gasteiger partial charge in [0.05, 0.1) is 5.56 Å². The van der Waals surface area contributed by atoms with Crippen LogP contribution in [0.2, 0.25) is 0 Å². The van der Waals surface area contributed by atoms with E-state index in [0.29, 0.717) is 18.8 Å². The van der Waals surface area contributed by atoms with E-state index in [4.69, 9.17) is 14.6 Å². The molecule has 0 amide bonds. The highest BCUT2D eigenvalue weighted by Crippen LogP contribution is 2.43. The average molecular weight is 367 g/mol. The van der Waals surface area contributed by atoms with Crippen LogP contribution in [0.15, 0.2) is 42.5 Å². The van der Waals surface area contributed by atoms with Crippen LogP contribution in [0.1, 0.15) is 47.2 Å². The summed E-state index contributed by atoms with van der Waals surface area (Å²) in [6.07, 6.45) is 4.81. The topological polar surface area (TPSA) is 67.8 Å². The molecule has 2 aromatic rings. The molecule has 0 unspecified atom stereocenters. The fourth-order valence-corrected chi connectivity index (χ4v) is 4.20. The number of hydrogen-bond donors (Lipinski definition) is 2. The maximum Gasteiger partial charge on any atom is 0.335 e. The van der Waals surface area contributed by atoms with Crippen LogP contribution in [0.3, 0.4) is 0 Å². The number of aromatic carboxylic acids is 1. The van der Waals surface area contributed by atoms with Crippen molar-refractivity contribution in [3.63, 3.8) is 0 Å². The van der Waals surface area contributed by atoms with Gasteiger partial charge in [-0.1, -0.05) is 31.0 Å². The lowest BCUT2D eigenvalue weighted by Crippen LogP contribution is -2.35. The van der Waals surface area contributed by atoms with Gasteiger partial charge in [0.2, 0.25) is 0 Å². The Bertz CT molecular complexity index is 810. The third kappa shape index (κ3) is 3.78. The maximum absolute atomic E-state index is 11.0. The highest BCUT2D eigenvalue weighted by atomic mass is 16.6. The standard InChI is InChI=1S/C22H25NO4/c24-21(25)17-5-3-16(4-6-17)14-23-15-22(9-1-2-10-22)18-7-8-19-20(13-18)27-12-11-26-19/h3-8,13,23H,1-2,9-12,14-15H2,(H,24,25). The number of carbonyl (C=O) groups is 1. The predicted octanol–water partition coefficient (Wildman–Crippen LogP) is 3.76. The van der Waals surface area contributed by atoms with Crippen molar-refractivity contribution in [2.75, 3.05) is 19.8 Å². The number of fused-ring (bicyclic) bond motifs is 1. The minimum atomic E-state index is -0.891. The van der Waals surface area contributed by atoms with Crippen molar-refractivity contribution < 1.29 is 19.4 Å². The first-order valence-corrected chi connectivity index (χ1v) is 9.59. The average Bonchev–Trinajstić information content (AvgIpc) is 3.18. The van der Waals surface area contributed by atoms with Gasteiger partial charge < -0.3 is 19.9 Å². The van der Waals surface area contributed by atoms with Gasteiger partial charge in [-0.3, -0.25) is 0 Å². The van der Waals surface area contributed by atoms with E-state index in [1.807, 2.05) is 18.2 Å². The van der Waals surface area contributed by atoms with Gasteiger partial charge in [0.1, 0.15) is 13.2 Å². The predicted molar refractivity (Wildman–Crippen MR) is 103 cm³/mol. The molecule has 0 bridgehead atoms. The van der Waals surface area contributed by atoms with Crippen molar-refractivity contribution in [3.05, 3.63) is 59.2 Å². The number of nitrogens with one attached hydrogen (secondary N) is 1. The van der Waals surface area contributed by atoms with Crippen LogP contribution in [-0.4, -0.2) is 30.8 Å². The summed E-state index contributed by atoms with van der Waals surface area (Å²) in [5, 5.41) is 12.6. The van der Waals surface area contributed by atoms with E-state index in [9.17, 15) is 4.79 Å². The summed E-state index contributed by atoms with van der Waals surface area (Å²) in [6.45, 7) is 2.84. The lowest BCUT2D eigenvalue weighted by Gasteiger charge is -2.31. The van der Waals surface area contributed by atoms with Crippen molar-refractivity contribution in [2.45, 2.75) is 37.6 Å². The van der Waals surface area contributed by atoms with E-state index in [-0.39, 0.29) is 5.41 Å². The summed E-state index contributed by atoms with van der Waals surface area (Å²) in [4.78, 5) is 11.0. The Morgan fingerprint density at radius 2 is 1.70 bits per heavy atom. The molecule has 4 rings (SSSR count). The molecule has 0 radical (unpaired) electrons. The van der Waals surface area contributed by atoms with Crippen LogP contribution in [0.5, 0.6) is 11.5 Å². The molecule has 1 saturated carbocycles. The van der Waals surface area contributed by atoms with Crippen LogP contribution in [0.25, 0.3) is 0 Å². The monoisotopic (exact) mass is 367 g/mol. The number of carboxylic acids is 1. The van der Waals surface area contributed by atoms with Crippen LogP contribution >= 0.6 is 0 Å². The quantitative estimate of drug-likeness (QED) is 0.814. The van der Waals surface area contributed by atoms with E-state index < -0.39 is 5.97 Å². The number of hydrogen-bond acceptors (Lipinski definition) is 4. The van der Waals surface area contributed by atoms with Gasteiger partial charge in [-0.05, 0) is 48.2 Å². The summed E-state index contributed by atoms with van der Waals surface area (Å²) in [5.41, 5.74) is 2.85. The molecule has 2 N–H and O–H groups in total. The highest BCUT2D eigenvalue weighted by Gasteiger charge is 2.36. The van der Waals surface area contributed by atoms with Gasteiger partial charge in [0, 0.05) is 18.5 Å². The molecule has 0 aromatic heterocycles. The van der Waals surface area contributed by atoms with Gasteiger partial charge in [0.15, 0.2) is 11.5 Å². The Kier molecular flexibility index (Phi) is 5.03. The Hall–Kier alpha value is -2.53. The number of ether oxygens (including phenoxy) is 2. The number of carboxylic acid groups (broad SMARTS) is 1. The minimum Gasteiger partial charge on any atom is -0.486 e. The van der Waals surface area contributed by atoms with Crippen molar-refractivity contribution in [1.82, 2.24) is 5.32 Å². The van der Waals surface area contributed by atoms with Gasteiger partial charge in [0.25, 0.3) is 0 Å². The molecule has 1 heterocycles. The van der Waals surface area contributed by atoms with Crippen molar-refractivity contribution in [1.29, 1.82) is 0 Å². The minimum absolute atomic E-state index is 0.122. The van der Waals surface area contributed by atoms with Crippen molar-refractivity contribution >= 4 is 5.97 Å². The lowest BCUT2D eigenvalue weighted by molar-refractivity contribution is 0.0697. The SMILES string of the molecule is O=C(O)c1ccc(CNCC2(c3ccc4c(c3)OCCO4)CCCC2)cc1. The zero-order chi connectivity index (χ0) is 18.7. The van der Waals surface area contributed by atoms with E-state index in [1.165, 1.54) is 18.4 Å². The van der Waals surface area contributed by atoms with E-state index in [0.717, 1.165) is 43.0 Å². The molecular formula is C22H25NO4. The molecule has 142 valence electrons. The molecule has 1 aliphatic carbocycles. The summed E-state index contributed by atoms with van der Waals surface area (Å²) < 4.78 is 11.4. The molecule has 27 heavy (non-hydrogen) atoms. The summed E-state index contributed by atoms with van der Waals surface area (Å²) in [6, 6.07) is 13.4. The van der Waals surface area contributed by atoms with Gasteiger partial charge in [-0.2, -0.15) is 0 Å². The fourth-order valence-electron chi connectivity index (χ4n) is 4.20. The third-order valence-corrected chi connectivity index (χ3v) is 5.71. The second-order valence-corrected chi connectivity index (χ2v) is 7.45. The van der Waals surface area contributed by atoms with Crippen LogP contribution in [-0.2, 0) is 12.0 Å². The summed E-state index contributed by atoms with van der Waals surface area (Å²) in [5.74, 6) is 0.803. The highest BCUT2D eigenvalue weighted by molar-refractivity contribution is 5.87. The Morgan fingerprint density at radius 1 is 1.00 bits per heavy atom. The van der Waals surface area contributed by atoms with Crippen molar-refractivity contribution in [3.8, 4) is 11.5 Å². The molecule has 2 aliphatic rings.